The van der Waals surface area contributed by atoms with Gasteiger partial charge in [-0.25, -0.2) is 9.78 Å². The molecule has 2 atom stereocenters. The van der Waals surface area contributed by atoms with Crippen LogP contribution < -0.4 is 9.47 Å². The smallest absolute Gasteiger partial charge is 0.351 e. The van der Waals surface area contributed by atoms with Gasteiger partial charge in [0.05, 0.1) is 19.9 Å². The maximum Gasteiger partial charge on any atom is 0.351 e. The Bertz CT molecular complexity index is 942. The van der Waals surface area contributed by atoms with Crippen molar-refractivity contribution in [3.8, 4) is 22.1 Å². The second kappa shape index (κ2) is 10.1. The minimum atomic E-state index is -0.828. The molecule has 7 nitrogen and oxygen atoms in total. The van der Waals surface area contributed by atoms with Gasteiger partial charge in [0.2, 0.25) is 0 Å². The quantitative estimate of drug-likeness (QED) is 0.584. The van der Waals surface area contributed by atoms with E-state index in [9.17, 15) is 9.59 Å². The fourth-order valence-electron chi connectivity index (χ4n) is 3.89. The summed E-state index contributed by atoms with van der Waals surface area (Å²) in [6.07, 6.45) is 3.22. The second-order valence-corrected chi connectivity index (χ2v) is 8.64. The molecule has 1 saturated heterocycles. The highest BCUT2D eigenvalue weighted by Gasteiger charge is 2.31. The predicted molar refractivity (Wildman–Crippen MR) is 120 cm³/mol. The summed E-state index contributed by atoms with van der Waals surface area (Å²) in [5.74, 6) is 0.563. The lowest BCUT2D eigenvalue weighted by Gasteiger charge is -2.36. The topological polar surface area (TPSA) is 78.0 Å². The normalized spacial score (nSPS) is 17.2. The van der Waals surface area contributed by atoms with Crippen LogP contribution >= 0.6 is 11.3 Å². The fourth-order valence-corrected chi connectivity index (χ4v) is 4.84. The van der Waals surface area contributed by atoms with Gasteiger partial charge in [0.1, 0.15) is 9.88 Å². The number of likely N-dealkylation sites (tertiary alicyclic amines) is 1. The number of piperidine rings is 1. The molecule has 0 aliphatic carbocycles. The molecule has 1 aliphatic rings. The Morgan fingerprint density at radius 2 is 1.97 bits per heavy atom. The number of benzene rings is 1. The van der Waals surface area contributed by atoms with Gasteiger partial charge in [0.15, 0.2) is 17.6 Å². The van der Waals surface area contributed by atoms with E-state index in [0.29, 0.717) is 27.1 Å². The summed E-state index contributed by atoms with van der Waals surface area (Å²) in [5.41, 5.74) is 1.39. The van der Waals surface area contributed by atoms with Crippen molar-refractivity contribution in [1.82, 2.24) is 9.88 Å². The number of hydrogen-bond acceptors (Lipinski definition) is 7. The first-order chi connectivity index (χ1) is 14.9. The van der Waals surface area contributed by atoms with Crippen molar-refractivity contribution < 1.29 is 23.8 Å². The van der Waals surface area contributed by atoms with Gasteiger partial charge in [0, 0.05) is 18.2 Å². The summed E-state index contributed by atoms with van der Waals surface area (Å²) >= 11 is 1.24. The van der Waals surface area contributed by atoms with Gasteiger partial charge in [0.25, 0.3) is 5.91 Å². The van der Waals surface area contributed by atoms with Gasteiger partial charge in [-0.15, -0.1) is 11.3 Å². The molecule has 2 unspecified atom stereocenters. The molecule has 1 aromatic carbocycles. The van der Waals surface area contributed by atoms with Crippen LogP contribution in [-0.2, 0) is 9.53 Å². The third-order valence-electron chi connectivity index (χ3n) is 5.63. The minimum absolute atomic E-state index is 0.123. The summed E-state index contributed by atoms with van der Waals surface area (Å²) in [6.45, 7) is 6.22. The van der Waals surface area contributed by atoms with Crippen LogP contribution in [0.3, 0.4) is 0 Å². The lowest BCUT2D eigenvalue weighted by molar-refractivity contribution is -0.143. The lowest BCUT2D eigenvalue weighted by Crippen LogP contribution is -2.48. The summed E-state index contributed by atoms with van der Waals surface area (Å²) in [6, 6.07) is 5.71. The summed E-state index contributed by atoms with van der Waals surface area (Å²) < 4.78 is 16.2. The average molecular weight is 447 g/mol. The van der Waals surface area contributed by atoms with Gasteiger partial charge >= 0.3 is 5.97 Å². The Morgan fingerprint density at radius 1 is 1.23 bits per heavy atom. The fraction of sp³-hybridized carbons (Fsp3) is 0.522. The lowest BCUT2D eigenvalue weighted by atomic mass is 9.99. The largest absolute Gasteiger partial charge is 0.493 e. The maximum atomic E-state index is 12.9. The SMILES string of the molecule is CCC1CCCCN1C(=O)C(C)OC(=O)c1sc(-c2ccc(OC)c(OC)c2)nc1C. The Morgan fingerprint density at radius 3 is 2.65 bits per heavy atom. The first-order valence-corrected chi connectivity index (χ1v) is 11.4. The molecule has 0 radical (unpaired) electrons. The second-order valence-electron chi connectivity index (χ2n) is 7.64. The molecule has 1 aromatic heterocycles. The summed E-state index contributed by atoms with van der Waals surface area (Å²) in [4.78, 5) is 32.5. The van der Waals surface area contributed by atoms with E-state index in [1.165, 1.54) is 11.3 Å². The number of esters is 1. The van der Waals surface area contributed by atoms with E-state index >= 15 is 0 Å². The molecule has 168 valence electrons. The molecule has 1 amide bonds. The van der Waals surface area contributed by atoms with Crippen LogP contribution in [0, 0.1) is 6.92 Å². The molecule has 2 aromatic rings. The Balaban J connectivity index is 1.74. The van der Waals surface area contributed by atoms with Crippen LogP contribution in [0.5, 0.6) is 11.5 Å². The molecular formula is C23H30N2O5S. The predicted octanol–water partition coefficient (Wildman–Crippen LogP) is 4.47. The van der Waals surface area contributed by atoms with Crippen molar-refractivity contribution in [2.45, 2.75) is 58.6 Å². The van der Waals surface area contributed by atoms with Crippen LogP contribution in [0.4, 0.5) is 0 Å². The number of carbonyl (C=O) groups excluding carboxylic acids is 2. The first-order valence-electron chi connectivity index (χ1n) is 10.6. The highest BCUT2D eigenvalue weighted by Crippen LogP contribution is 2.35. The third kappa shape index (κ3) is 5.01. The molecule has 3 rings (SSSR count). The zero-order valence-corrected chi connectivity index (χ0v) is 19.6. The highest BCUT2D eigenvalue weighted by molar-refractivity contribution is 7.17. The van der Waals surface area contributed by atoms with E-state index in [1.807, 2.05) is 17.0 Å². The van der Waals surface area contributed by atoms with Crippen molar-refractivity contribution in [2.24, 2.45) is 0 Å². The molecule has 0 N–H and O–H groups in total. The molecule has 0 saturated carbocycles. The van der Waals surface area contributed by atoms with Crippen LogP contribution in [-0.4, -0.2) is 54.7 Å². The molecular weight excluding hydrogens is 416 g/mol. The van der Waals surface area contributed by atoms with Crippen molar-refractivity contribution >= 4 is 23.2 Å². The number of ether oxygens (including phenoxy) is 3. The number of amides is 1. The van der Waals surface area contributed by atoms with E-state index in [4.69, 9.17) is 14.2 Å². The van der Waals surface area contributed by atoms with Gasteiger partial charge in [-0.3, -0.25) is 4.79 Å². The van der Waals surface area contributed by atoms with Crippen LogP contribution in [0.2, 0.25) is 0 Å². The zero-order chi connectivity index (χ0) is 22.5. The maximum absolute atomic E-state index is 12.9. The number of nitrogens with zero attached hydrogens (tertiary/aromatic N) is 2. The number of methoxy groups -OCH3 is 2. The first kappa shape index (κ1) is 23.1. The number of aryl methyl sites for hydroxylation is 1. The van der Waals surface area contributed by atoms with Crippen LogP contribution in [0.15, 0.2) is 18.2 Å². The number of hydrogen-bond donors (Lipinski definition) is 0. The van der Waals surface area contributed by atoms with E-state index in [0.717, 1.165) is 37.8 Å². The van der Waals surface area contributed by atoms with E-state index in [1.54, 1.807) is 34.1 Å². The van der Waals surface area contributed by atoms with E-state index < -0.39 is 12.1 Å². The zero-order valence-electron chi connectivity index (χ0n) is 18.8. The van der Waals surface area contributed by atoms with E-state index in [-0.39, 0.29) is 11.9 Å². The molecule has 0 bridgehead atoms. The Kier molecular flexibility index (Phi) is 7.54. The van der Waals surface area contributed by atoms with Crippen LogP contribution in [0.1, 0.15) is 54.9 Å². The Hall–Kier alpha value is -2.61. The summed E-state index contributed by atoms with van der Waals surface area (Å²) in [5, 5.41) is 0.673. The molecule has 1 fully saturated rings. The monoisotopic (exact) mass is 446 g/mol. The average Bonchev–Trinajstić information content (AvgIpc) is 3.19. The van der Waals surface area contributed by atoms with Crippen molar-refractivity contribution in [1.29, 1.82) is 0 Å². The van der Waals surface area contributed by atoms with Gasteiger partial charge in [-0.05, 0) is 57.7 Å². The van der Waals surface area contributed by atoms with Crippen LogP contribution in [0.25, 0.3) is 10.6 Å². The highest BCUT2D eigenvalue weighted by atomic mass is 32.1. The molecule has 31 heavy (non-hydrogen) atoms. The van der Waals surface area contributed by atoms with Gasteiger partial charge in [-0.1, -0.05) is 6.92 Å². The standard InChI is InChI=1S/C23H30N2O5S/c1-6-17-9-7-8-12-25(17)22(26)15(3)30-23(27)20-14(2)24-21(31-20)16-10-11-18(28-4)19(13-16)29-5/h10-11,13,15,17H,6-9,12H2,1-5H3. The third-order valence-corrected chi connectivity index (χ3v) is 6.81. The minimum Gasteiger partial charge on any atom is -0.493 e. The number of carbonyl (C=O) groups is 2. The number of rotatable bonds is 7. The molecule has 0 spiro atoms. The number of aromatic nitrogens is 1. The van der Waals surface area contributed by atoms with Gasteiger partial charge < -0.3 is 19.1 Å². The number of thiazole rings is 1. The van der Waals surface area contributed by atoms with Gasteiger partial charge in [-0.2, -0.15) is 0 Å². The summed E-state index contributed by atoms with van der Waals surface area (Å²) in [7, 11) is 3.15. The Labute approximate surface area is 187 Å². The van der Waals surface area contributed by atoms with E-state index in [2.05, 4.69) is 11.9 Å². The molecule has 2 heterocycles. The van der Waals surface area contributed by atoms with Crippen molar-refractivity contribution in [3.05, 3.63) is 28.8 Å². The van der Waals surface area contributed by atoms with Crippen molar-refractivity contribution in [3.63, 3.8) is 0 Å². The molecule has 1 aliphatic heterocycles. The molecule has 8 heteroatoms. The van der Waals surface area contributed by atoms with Crippen molar-refractivity contribution in [2.75, 3.05) is 20.8 Å².